The molecule has 7 nitrogen and oxygen atoms in total. The van der Waals surface area contributed by atoms with Crippen LogP contribution in [0.25, 0.3) is 0 Å². The molecule has 0 aliphatic rings. The third-order valence-electron chi connectivity index (χ3n) is 2.64. The van der Waals surface area contributed by atoms with Gasteiger partial charge in [0.05, 0.1) is 11.0 Å². The standard InChI is InChI=1S/C11H13N5O2S/c1-7(8-3-4-19-5-8)15-11-9(16(17)18)10(12-2)13-6-14-11/h3-7H,1-2H3,(H2,12,13,14,15). The van der Waals surface area contributed by atoms with Gasteiger partial charge in [0.15, 0.2) is 0 Å². The summed E-state index contributed by atoms with van der Waals surface area (Å²) in [5.74, 6) is 0.406. The molecular weight excluding hydrogens is 266 g/mol. The Kier molecular flexibility index (Phi) is 3.91. The normalized spacial score (nSPS) is 11.9. The Balaban J connectivity index is 2.32. The molecule has 0 bridgehead atoms. The number of hydrogen-bond acceptors (Lipinski definition) is 7. The average Bonchev–Trinajstić information content (AvgIpc) is 2.92. The lowest BCUT2D eigenvalue weighted by Gasteiger charge is -2.13. The van der Waals surface area contributed by atoms with E-state index in [1.807, 2.05) is 23.8 Å². The molecule has 0 aliphatic carbocycles. The first-order valence-corrected chi connectivity index (χ1v) is 6.53. The first-order valence-electron chi connectivity index (χ1n) is 5.59. The van der Waals surface area contributed by atoms with Crippen molar-refractivity contribution < 1.29 is 4.92 Å². The molecule has 2 N–H and O–H groups in total. The molecule has 1 unspecified atom stereocenters. The Bertz CT molecular complexity index is 572. The number of rotatable bonds is 5. The van der Waals surface area contributed by atoms with Crippen LogP contribution in [0.3, 0.4) is 0 Å². The highest BCUT2D eigenvalue weighted by Gasteiger charge is 2.23. The Labute approximate surface area is 113 Å². The molecule has 0 aliphatic heterocycles. The summed E-state index contributed by atoms with van der Waals surface area (Å²) in [7, 11) is 1.58. The van der Waals surface area contributed by atoms with Gasteiger partial charge in [0, 0.05) is 7.05 Å². The quantitative estimate of drug-likeness (QED) is 0.645. The molecule has 19 heavy (non-hydrogen) atoms. The van der Waals surface area contributed by atoms with Crippen LogP contribution >= 0.6 is 11.3 Å². The number of nitrogens with one attached hydrogen (secondary N) is 2. The summed E-state index contributed by atoms with van der Waals surface area (Å²) >= 11 is 1.58. The predicted octanol–water partition coefficient (Wildman–Crippen LogP) is 2.66. The summed E-state index contributed by atoms with van der Waals surface area (Å²) in [6.45, 7) is 1.92. The van der Waals surface area contributed by atoms with Gasteiger partial charge in [-0.3, -0.25) is 10.1 Å². The minimum Gasteiger partial charge on any atom is -0.367 e. The molecule has 0 spiro atoms. The van der Waals surface area contributed by atoms with Gasteiger partial charge in [-0.1, -0.05) is 0 Å². The molecule has 2 aromatic rings. The van der Waals surface area contributed by atoms with Crippen molar-refractivity contribution in [2.75, 3.05) is 17.7 Å². The average molecular weight is 279 g/mol. The number of anilines is 2. The van der Waals surface area contributed by atoms with Gasteiger partial charge in [-0.25, -0.2) is 9.97 Å². The van der Waals surface area contributed by atoms with E-state index >= 15 is 0 Å². The molecular formula is C11H13N5O2S. The van der Waals surface area contributed by atoms with Crippen LogP contribution in [-0.2, 0) is 0 Å². The Hall–Kier alpha value is -2.22. The highest BCUT2D eigenvalue weighted by atomic mass is 32.1. The fraction of sp³-hybridized carbons (Fsp3) is 0.273. The van der Waals surface area contributed by atoms with Gasteiger partial charge in [0.25, 0.3) is 0 Å². The maximum Gasteiger partial charge on any atom is 0.353 e. The molecule has 8 heteroatoms. The first kappa shape index (κ1) is 13.2. The summed E-state index contributed by atoms with van der Waals surface area (Å²) in [5, 5.41) is 20.8. The number of hydrogen-bond donors (Lipinski definition) is 2. The van der Waals surface area contributed by atoms with Gasteiger partial charge >= 0.3 is 5.69 Å². The van der Waals surface area contributed by atoms with E-state index in [4.69, 9.17) is 0 Å². The van der Waals surface area contributed by atoms with E-state index in [0.29, 0.717) is 0 Å². The molecule has 0 amide bonds. The van der Waals surface area contributed by atoms with Crippen molar-refractivity contribution >= 4 is 28.7 Å². The van der Waals surface area contributed by atoms with Crippen molar-refractivity contribution in [2.45, 2.75) is 13.0 Å². The third kappa shape index (κ3) is 2.79. The minimum absolute atomic E-state index is 0.0652. The van der Waals surface area contributed by atoms with Crippen LogP contribution < -0.4 is 10.6 Å². The lowest BCUT2D eigenvalue weighted by molar-refractivity contribution is -0.383. The SMILES string of the molecule is CNc1ncnc(NC(C)c2ccsc2)c1[N+](=O)[O-]. The molecule has 2 rings (SSSR count). The molecule has 2 heterocycles. The maximum absolute atomic E-state index is 11.1. The molecule has 2 aromatic heterocycles. The van der Waals surface area contributed by atoms with Gasteiger partial charge in [-0.15, -0.1) is 0 Å². The Morgan fingerprint density at radius 1 is 1.42 bits per heavy atom. The highest BCUT2D eigenvalue weighted by Crippen LogP contribution is 2.31. The van der Waals surface area contributed by atoms with E-state index in [-0.39, 0.29) is 23.4 Å². The van der Waals surface area contributed by atoms with E-state index in [9.17, 15) is 10.1 Å². The number of thiophene rings is 1. The fourth-order valence-electron chi connectivity index (χ4n) is 1.65. The Morgan fingerprint density at radius 3 is 2.74 bits per heavy atom. The van der Waals surface area contributed by atoms with Crippen LogP contribution in [0.15, 0.2) is 23.2 Å². The van der Waals surface area contributed by atoms with Crippen LogP contribution in [0, 0.1) is 10.1 Å². The molecule has 1 atom stereocenters. The lowest BCUT2D eigenvalue weighted by Crippen LogP contribution is -2.11. The fourth-order valence-corrected chi connectivity index (χ4v) is 2.40. The van der Waals surface area contributed by atoms with Gasteiger partial charge in [0.1, 0.15) is 6.33 Å². The van der Waals surface area contributed by atoms with Crippen molar-refractivity contribution in [2.24, 2.45) is 0 Å². The minimum atomic E-state index is -0.492. The Morgan fingerprint density at radius 2 is 2.16 bits per heavy atom. The number of nitrogens with zero attached hydrogens (tertiary/aromatic N) is 3. The van der Waals surface area contributed by atoms with E-state index in [1.54, 1.807) is 18.4 Å². The van der Waals surface area contributed by atoms with E-state index < -0.39 is 4.92 Å². The summed E-state index contributed by atoms with van der Waals surface area (Å²) < 4.78 is 0. The second-order valence-electron chi connectivity index (χ2n) is 3.85. The van der Waals surface area contributed by atoms with Crippen LogP contribution in [-0.4, -0.2) is 21.9 Å². The molecule has 0 aromatic carbocycles. The maximum atomic E-state index is 11.1. The number of aromatic nitrogens is 2. The van der Waals surface area contributed by atoms with Crippen molar-refractivity contribution in [1.82, 2.24) is 9.97 Å². The zero-order chi connectivity index (χ0) is 13.8. The zero-order valence-corrected chi connectivity index (χ0v) is 11.3. The smallest absolute Gasteiger partial charge is 0.353 e. The van der Waals surface area contributed by atoms with E-state index in [1.165, 1.54) is 6.33 Å². The molecule has 0 saturated heterocycles. The molecule has 0 saturated carbocycles. The van der Waals surface area contributed by atoms with Gasteiger partial charge in [-0.2, -0.15) is 11.3 Å². The van der Waals surface area contributed by atoms with E-state index in [0.717, 1.165) is 5.56 Å². The topological polar surface area (TPSA) is 93.0 Å². The second-order valence-corrected chi connectivity index (χ2v) is 4.63. The van der Waals surface area contributed by atoms with Crippen molar-refractivity contribution in [3.05, 3.63) is 38.8 Å². The van der Waals surface area contributed by atoms with Crippen LogP contribution in [0.1, 0.15) is 18.5 Å². The van der Waals surface area contributed by atoms with Crippen LogP contribution in [0.5, 0.6) is 0 Å². The molecule has 0 radical (unpaired) electrons. The largest absolute Gasteiger partial charge is 0.367 e. The van der Waals surface area contributed by atoms with Gasteiger partial charge < -0.3 is 10.6 Å². The third-order valence-corrected chi connectivity index (χ3v) is 3.34. The van der Waals surface area contributed by atoms with Gasteiger partial charge in [0.2, 0.25) is 11.6 Å². The molecule has 100 valence electrons. The van der Waals surface area contributed by atoms with Gasteiger partial charge in [-0.05, 0) is 29.3 Å². The van der Waals surface area contributed by atoms with E-state index in [2.05, 4.69) is 20.6 Å². The first-order chi connectivity index (χ1) is 9.13. The number of nitro groups is 1. The van der Waals surface area contributed by atoms with Crippen molar-refractivity contribution in [1.29, 1.82) is 0 Å². The highest BCUT2D eigenvalue weighted by molar-refractivity contribution is 7.07. The summed E-state index contributed by atoms with van der Waals surface area (Å²) in [5.41, 5.74) is 0.913. The summed E-state index contributed by atoms with van der Waals surface area (Å²) in [4.78, 5) is 18.4. The second kappa shape index (κ2) is 5.61. The summed E-state index contributed by atoms with van der Waals surface area (Å²) in [6, 6.07) is 1.90. The predicted molar refractivity (Wildman–Crippen MR) is 74.6 cm³/mol. The van der Waals surface area contributed by atoms with Crippen molar-refractivity contribution in [3.8, 4) is 0 Å². The zero-order valence-electron chi connectivity index (χ0n) is 10.5. The lowest BCUT2D eigenvalue weighted by atomic mass is 10.2. The van der Waals surface area contributed by atoms with Crippen molar-refractivity contribution in [3.63, 3.8) is 0 Å². The van der Waals surface area contributed by atoms with Crippen LogP contribution in [0.2, 0.25) is 0 Å². The monoisotopic (exact) mass is 279 g/mol. The molecule has 0 fully saturated rings. The summed E-state index contributed by atoms with van der Waals surface area (Å²) in [6.07, 6.45) is 1.29. The van der Waals surface area contributed by atoms with Crippen LogP contribution in [0.4, 0.5) is 17.3 Å².